The first-order chi connectivity index (χ1) is 11.7. The number of benzene rings is 1. The molecule has 9 nitrogen and oxygen atoms in total. The monoisotopic (exact) mass is 327 g/mol. The van der Waals surface area contributed by atoms with E-state index in [-0.39, 0.29) is 11.9 Å². The summed E-state index contributed by atoms with van der Waals surface area (Å²) in [4.78, 5) is 16.3. The Morgan fingerprint density at radius 1 is 1.33 bits per heavy atom. The van der Waals surface area contributed by atoms with Crippen LogP contribution in [-0.4, -0.2) is 36.3 Å². The van der Waals surface area contributed by atoms with Crippen molar-refractivity contribution in [1.82, 2.24) is 35.7 Å². The molecule has 1 N–H and O–H groups in total. The molecule has 0 saturated carbocycles. The van der Waals surface area contributed by atoms with Gasteiger partial charge in [-0.1, -0.05) is 35.5 Å². The highest BCUT2D eigenvalue weighted by Crippen LogP contribution is 2.18. The lowest BCUT2D eigenvalue weighted by Gasteiger charge is -2.09. The van der Waals surface area contributed by atoms with Gasteiger partial charge in [-0.3, -0.25) is 4.79 Å². The van der Waals surface area contributed by atoms with Gasteiger partial charge in [0.1, 0.15) is 12.4 Å². The van der Waals surface area contributed by atoms with Crippen LogP contribution in [0.2, 0.25) is 0 Å². The first-order valence-corrected chi connectivity index (χ1v) is 7.61. The molecule has 1 aromatic carbocycles. The van der Waals surface area contributed by atoms with Crippen molar-refractivity contribution >= 4 is 5.91 Å². The maximum atomic E-state index is 12.0. The maximum Gasteiger partial charge on any atom is 0.249 e. The fraction of sp³-hybridized carbons (Fsp3) is 0.333. The number of tetrazole rings is 1. The second kappa shape index (κ2) is 7.44. The Morgan fingerprint density at radius 2 is 2.17 bits per heavy atom. The number of aryl methyl sites for hydroxylation is 1. The molecule has 2 heterocycles. The lowest BCUT2D eigenvalue weighted by Crippen LogP contribution is -2.26. The minimum absolute atomic E-state index is 0.0879. The van der Waals surface area contributed by atoms with Gasteiger partial charge in [0.15, 0.2) is 0 Å². The van der Waals surface area contributed by atoms with Gasteiger partial charge in [-0.05, 0) is 23.8 Å². The molecule has 0 bridgehead atoms. The van der Waals surface area contributed by atoms with Crippen LogP contribution in [0, 0.1) is 0 Å². The molecule has 9 heteroatoms. The van der Waals surface area contributed by atoms with Crippen LogP contribution in [0.25, 0.3) is 11.4 Å². The SMILES string of the molecule is CC(NC(=O)CCCn1cnnn1)c1nc(-c2ccccc2)no1. The predicted molar refractivity (Wildman–Crippen MR) is 83.3 cm³/mol. The number of amides is 1. The summed E-state index contributed by atoms with van der Waals surface area (Å²) in [6, 6.07) is 9.18. The Morgan fingerprint density at radius 3 is 2.92 bits per heavy atom. The van der Waals surface area contributed by atoms with Crippen molar-refractivity contribution in [2.24, 2.45) is 0 Å². The zero-order valence-electron chi connectivity index (χ0n) is 13.2. The number of rotatable bonds is 7. The van der Waals surface area contributed by atoms with E-state index in [0.717, 1.165) is 5.56 Å². The quantitative estimate of drug-likeness (QED) is 0.697. The summed E-state index contributed by atoms with van der Waals surface area (Å²) >= 11 is 0. The summed E-state index contributed by atoms with van der Waals surface area (Å²) in [5.41, 5.74) is 0.868. The minimum atomic E-state index is -0.351. The lowest BCUT2D eigenvalue weighted by atomic mass is 10.2. The summed E-state index contributed by atoms with van der Waals surface area (Å²) in [7, 11) is 0. The minimum Gasteiger partial charge on any atom is -0.345 e. The third-order valence-corrected chi connectivity index (χ3v) is 3.40. The fourth-order valence-corrected chi connectivity index (χ4v) is 2.18. The molecule has 1 atom stereocenters. The molecule has 0 aliphatic rings. The molecule has 3 rings (SSSR count). The number of nitrogens with zero attached hydrogens (tertiary/aromatic N) is 6. The number of hydrogen-bond acceptors (Lipinski definition) is 7. The third kappa shape index (κ3) is 4.00. The van der Waals surface area contributed by atoms with Gasteiger partial charge in [-0.2, -0.15) is 4.98 Å². The van der Waals surface area contributed by atoms with Crippen molar-refractivity contribution in [2.75, 3.05) is 0 Å². The van der Waals surface area contributed by atoms with Gasteiger partial charge in [0.05, 0.1) is 0 Å². The van der Waals surface area contributed by atoms with Crippen LogP contribution in [0.4, 0.5) is 0 Å². The second-order valence-electron chi connectivity index (χ2n) is 5.29. The molecule has 24 heavy (non-hydrogen) atoms. The van der Waals surface area contributed by atoms with Gasteiger partial charge in [-0.15, -0.1) is 5.10 Å². The largest absolute Gasteiger partial charge is 0.345 e. The van der Waals surface area contributed by atoms with Gasteiger partial charge in [0.2, 0.25) is 17.6 Å². The number of aromatic nitrogens is 6. The van der Waals surface area contributed by atoms with E-state index in [4.69, 9.17) is 4.52 Å². The molecule has 0 aliphatic heterocycles. The lowest BCUT2D eigenvalue weighted by molar-refractivity contribution is -0.122. The van der Waals surface area contributed by atoms with Gasteiger partial charge in [-0.25, -0.2) is 4.68 Å². The molecule has 0 aliphatic carbocycles. The van der Waals surface area contributed by atoms with Crippen molar-refractivity contribution < 1.29 is 9.32 Å². The summed E-state index contributed by atoms with van der Waals surface area (Å²) in [5.74, 6) is 0.795. The van der Waals surface area contributed by atoms with E-state index in [2.05, 4.69) is 31.0 Å². The Bertz CT molecular complexity index is 770. The van der Waals surface area contributed by atoms with E-state index >= 15 is 0 Å². The molecule has 1 unspecified atom stereocenters. The van der Waals surface area contributed by atoms with E-state index < -0.39 is 0 Å². The summed E-state index contributed by atoms with van der Waals surface area (Å²) in [6.45, 7) is 2.40. The van der Waals surface area contributed by atoms with Crippen molar-refractivity contribution in [2.45, 2.75) is 32.4 Å². The highest BCUT2D eigenvalue weighted by molar-refractivity contribution is 5.76. The topological polar surface area (TPSA) is 112 Å². The van der Waals surface area contributed by atoms with E-state index in [1.165, 1.54) is 6.33 Å². The normalized spacial score (nSPS) is 12.0. The fourth-order valence-electron chi connectivity index (χ4n) is 2.18. The Labute approximate surface area is 138 Å². The van der Waals surface area contributed by atoms with Gasteiger partial charge >= 0.3 is 0 Å². The number of hydrogen-bond donors (Lipinski definition) is 1. The van der Waals surface area contributed by atoms with Crippen LogP contribution >= 0.6 is 0 Å². The first kappa shape index (κ1) is 15.8. The molecule has 124 valence electrons. The molecule has 2 aromatic heterocycles. The van der Waals surface area contributed by atoms with Crippen LogP contribution in [0.15, 0.2) is 41.2 Å². The molecule has 0 fully saturated rings. The van der Waals surface area contributed by atoms with Crippen molar-refractivity contribution in [3.63, 3.8) is 0 Å². The van der Waals surface area contributed by atoms with Gasteiger partial charge < -0.3 is 9.84 Å². The average molecular weight is 327 g/mol. The standard InChI is InChI=1S/C15H17N7O2/c1-11(17-13(23)8-5-9-22-10-16-20-21-22)15-18-14(19-24-15)12-6-3-2-4-7-12/h2-4,6-7,10-11H,5,8-9H2,1H3,(H,17,23). The molecular formula is C15H17N7O2. The van der Waals surface area contributed by atoms with Crippen molar-refractivity contribution in [3.05, 3.63) is 42.5 Å². The molecule has 0 spiro atoms. The molecule has 0 saturated heterocycles. The van der Waals surface area contributed by atoms with Crippen LogP contribution in [-0.2, 0) is 11.3 Å². The Hall–Kier alpha value is -3.10. The third-order valence-electron chi connectivity index (χ3n) is 3.40. The van der Waals surface area contributed by atoms with Crippen LogP contribution in [0.5, 0.6) is 0 Å². The van der Waals surface area contributed by atoms with E-state index in [1.54, 1.807) is 4.68 Å². The number of carbonyl (C=O) groups excluding carboxylic acids is 1. The average Bonchev–Trinajstić information content (AvgIpc) is 3.27. The molecule has 0 radical (unpaired) electrons. The predicted octanol–water partition coefficient (Wildman–Crippen LogP) is 1.38. The van der Waals surface area contributed by atoms with E-state index in [1.807, 2.05) is 37.3 Å². The smallest absolute Gasteiger partial charge is 0.249 e. The zero-order valence-corrected chi connectivity index (χ0v) is 13.2. The summed E-state index contributed by atoms with van der Waals surface area (Å²) in [5, 5.41) is 17.6. The highest BCUT2D eigenvalue weighted by Gasteiger charge is 2.17. The van der Waals surface area contributed by atoms with E-state index in [9.17, 15) is 4.79 Å². The summed E-state index contributed by atoms with van der Waals surface area (Å²) in [6.07, 6.45) is 2.52. The molecule has 1 amide bonds. The Kier molecular flexibility index (Phi) is 4.90. The zero-order chi connectivity index (χ0) is 16.8. The number of nitrogens with one attached hydrogen (secondary N) is 1. The van der Waals surface area contributed by atoms with Crippen LogP contribution < -0.4 is 5.32 Å². The van der Waals surface area contributed by atoms with Crippen molar-refractivity contribution in [3.8, 4) is 11.4 Å². The summed E-state index contributed by atoms with van der Waals surface area (Å²) < 4.78 is 6.82. The second-order valence-corrected chi connectivity index (χ2v) is 5.29. The van der Waals surface area contributed by atoms with Gasteiger partial charge in [0.25, 0.3) is 0 Å². The Balaban J connectivity index is 1.50. The maximum absolute atomic E-state index is 12.0. The first-order valence-electron chi connectivity index (χ1n) is 7.61. The van der Waals surface area contributed by atoms with Gasteiger partial charge in [0, 0.05) is 18.5 Å². The molecular weight excluding hydrogens is 310 g/mol. The van der Waals surface area contributed by atoms with E-state index in [0.29, 0.717) is 31.1 Å². The van der Waals surface area contributed by atoms with Crippen LogP contribution in [0.1, 0.15) is 31.7 Å². The highest BCUT2D eigenvalue weighted by atomic mass is 16.5. The molecule has 3 aromatic rings. The van der Waals surface area contributed by atoms with Crippen molar-refractivity contribution in [1.29, 1.82) is 0 Å². The van der Waals surface area contributed by atoms with Crippen LogP contribution in [0.3, 0.4) is 0 Å². The number of carbonyl (C=O) groups is 1.